The minimum Gasteiger partial charge on any atom is -0.329 e. The Kier molecular flexibility index (Phi) is 5.45. The lowest BCUT2D eigenvalue weighted by Gasteiger charge is -2.49. The zero-order valence-electron chi connectivity index (χ0n) is 14.1. The van der Waals surface area contributed by atoms with Crippen LogP contribution in [0.3, 0.4) is 0 Å². The Morgan fingerprint density at radius 2 is 1.76 bits per heavy atom. The molecule has 1 aromatic carbocycles. The van der Waals surface area contributed by atoms with Gasteiger partial charge in [-0.3, -0.25) is 4.90 Å². The van der Waals surface area contributed by atoms with Gasteiger partial charge in [0.05, 0.1) is 0 Å². The van der Waals surface area contributed by atoms with Gasteiger partial charge in [0, 0.05) is 12.1 Å². The van der Waals surface area contributed by atoms with Gasteiger partial charge in [-0.1, -0.05) is 57.5 Å². The first-order valence-corrected chi connectivity index (χ1v) is 8.56. The van der Waals surface area contributed by atoms with Crippen molar-refractivity contribution in [2.75, 3.05) is 19.6 Å². The van der Waals surface area contributed by atoms with Crippen LogP contribution in [0.2, 0.25) is 0 Å². The number of hydrogen-bond donors (Lipinski definition) is 1. The third-order valence-electron chi connectivity index (χ3n) is 5.91. The van der Waals surface area contributed by atoms with Crippen LogP contribution < -0.4 is 5.73 Å². The molecule has 1 heterocycles. The highest BCUT2D eigenvalue weighted by atomic mass is 15.2. The van der Waals surface area contributed by atoms with Crippen LogP contribution in [0.25, 0.3) is 0 Å². The van der Waals surface area contributed by atoms with Gasteiger partial charge in [0.25, 0.3) is 0 Å². The summed E-state index contributed by atoms with van der Waals surface area (Å²) in [5.74, 6) is 0. The van der Waals surface area contributed by atoms with Crippen LogP contribution in [0.5, 0.6) is 0 Å². The van der Waals surface area contributed by atoms with Crippen molar-refractivity contribution in [3.63, 3.8) is 0 Å². The first-order valence-electron chi connectivity index (χ1n) is 8.56. The zero-order valence-corrected chi connectivity index (χ0v) is 14.1. The van der Waals surface area contributed by atoms with E-state index in [1.54, 1.807) is 0 Å². The van der Waals surface area contributed by atoms with Crippen LogP contribution >= 0.6 is 0 Å². The van der Waals surface area contributed by atoms with Crippen molar-refractivity contribution in [2.45, 2.75) is 58.4 Å². The van der Waals surface area contributed by atoms with Crippen LogP contribution in [0.1, 0.15) is 52.0 Å². The molecule has 0 aromatic heterocycles. The molecular formula is C19H32N2. The Morgan fingerprint density at radius 3 is 2.24 bits per heavy atom. The van der Waals surface area contributed by atoms with Gasteiger partial charge < -0.3 is 5.73 Å². The maximum absolute atomic E-state index is 6.26. The van der Waals surface area contributed by atoms with Crippen molar-refractivity contribution >= 4 is 0 Å². The molecule has 1 atom stereocenters. The second kappa shape index (κ2) is 6.93. The van der Waals surface area contributed by atoms with Gasteiger partial charge in [0.2, 0.25) is 0 Å². The molecule has 0 radical (unpaired) electrons. The van der Waals surface area contributed by atoms with Crippen LogP contribution in [-0.4, -0.2) is 30.1 Å². The number of hydrogen-bond acceptors (Lipinski definition) is 2. The van der Waals surface area contributed by atoms with Gasteiger partial charge in [0.15, 0.2) is 0 Å². The SMILES string of the molecule is CCC1(C)CCN(C(CC)(CN)Cc2ccccc2)CC1. The van der Waals surface area contributed by atoms with Crippen molar-refractivity contribution in [3.05, 3.63) is 35.9 Å². The number of likely N-dealkylation sites (tertiary alicyclic amines) is 1. The van der Waals surface area contributed by atoms with E-state index in [0.29, 0.717) is 5.41 Å². The molecule has 1 fully saturated rings. The fraction of sp³-hybridized carbons (Fsp3) is 0.684. The molecule has 1 aliphatic heterocycles. The van der Waals surface area contributed by atoms with Crippen LogP contribution in [0.15, 0.2) is 30.3 Å². The fourth-order valence-electron chi connectivity index (χ4n) is 3.66. The summed E-state index contributed by atoms with van der Waals surface area (Å²) in [5, 5.41) is 0. The Balaban J connectivity index is 2.11. The van der Waals surface area contributed by atoms with Crippen LogP contribution in [0.4, 0.5) is 0 Å². The largest absolute Gasteiger partial charge is 0.329 e. The average molecular weight is 288 g/mol. The summed E-state index contributed by atoms with van der Waals surface area (Å²) in [6, 6.07) is 10.8. The Morgan fingerprint density at radius 1 is 1.14 bits per heavy atom. The highest BCUT2D eigenvalue weighted by Crippen LogP contribution is 2.37. The van der Waals surface area contributed by atoms with E-state index in [1.807, 2.05) is 0 Å². The van der Waals surface area contributed by atoms with Crippen molar-refractivity contribution in [3.8, 4) is 0 Å². The van der Waals surface area contributed by atoms with Gasteiger partial charge >= 0.3 is 0 Å². The molecule has 1 aliphatic rings. The van der Waals surface area contributed by atoms with E-state index in [2.05, 4.69) is 56.0 Å². The second-order valence-corrected chi connectivity index (χ2v) is 7.10. The van der Waals surface area contributed by atoms with E-state index in [1.165, 1.54) is 37.9 Å². The average Bonchev–Trinajstić information content (AvgIpc) is 2.54. The fourth-order valence-corrected chi connectivity index (χ4v) is 3.66. The molecule has 0 saturated carbocycles. The van der Waals surface area contributed by atoms with E-state index in [9.17, 15) is 0 Å². The number of nitrogens with two attached hydrogens (primary N) is 1. The zero-order chi connectivity index (χ0) is 15.3. The molecule has 2 heteroatoms. The lowest BCUT2D eigenvalue weighted by atomic mass is 9.75. The predicted molar refractivity (Wildman–Crippen MR) is 91.4 cm³/mol. The molecule has 0 amide bonds. The van der Waals surface area contributed by atoms with Gasteiger partial charge in [-0.25, -0.2) is 0 Å². The predicted octanol–water partition coefficient (Wildman–Crippen LogP) is 3.85. The number of rotatable bonds is 6. The van der Waals surface area contributed by atoms with E-state index < -0.39 is 0 Å². The molecule has 0 spiro atoms. The monoisotopic (exact) mass is 288 g/mol. The lowest BCUT2D eigenvalue weighted by molar-refractivity contribution is 0.0221. The minimum absolute atomic E-state index is 0.135. The minimum atomic E-state index is 0.135. The molecule has 118 valence electrons. The first-order chi connectivity index (χ1) is 10.1. The maximum Gasteiger partial charge on any atom is 0.0369 e. The Labute approximate surface area is 130 Å². The molecule has 0 bridgehead atoms. The number of piperidine rings is 1. The quantitative estimate of drug-likeness (QED) is 0.861. The van der Waals surface area contributed by atoms with Crippen molar-refractivity contribution in [1.82, 2.24) is 4.90 Å². The lowest BCUT2D eigenvalue weighted by Crippen LogP contribution is -2.58. The van der Waals surface area contributed by atoms with E-state index in [4.69, 9.17) is 5.73 Å². The number of nitrogens with zero attached hydrogens (tertiary/aromatic N) is 1. The van der Waals surface area contributed by atoms with Crippen LogP contribution in [0, 0.1) is 5.41 Å². The van der Waals surface area contributed by atoms with Gasteiger partial charge in [-0.15, -0.1) is 0 Å². The highest BCUT2D eigenvalue weighted by molar-refractivity contribution is 5.18. The summed E-state index contributed by atoms with van der Waals surface area (Å²) in [6.07, 6.45) is 6.10. The highest BCUT2D eigenvalue weighted by Gasteiger charge is 2.38. The molecule has 1 saturated heterocycles. The van der Waals surface area contributed by atoms with Crippen LogP contribution in [-0.2, 0) is 6.42 Å². The molecule has 1 unspecified atom stereocenters. The van der Waals surface area contributed by atoms with Gasteiger partial charge in [-0.2, -0.15) is 0 Å². The van der Waals surface area contributed by atoms with E-state index in [-0.39, 0.29) is 5.54 Å². The normalized spacial score (nSPS) is 21.9. The topological polar surface area (TPSA) is 29.3 Å². The molecule has 21 heavy (non-hydrogen) atoms. The summed E-state index contributed by atoms with van der Waals surface area (Å²) in [4.78, 5) is 2.68. The molecule has 2 nitrogen and oxygen atoms in total. The molecule has 1 aromatic rings. The van der Waals surface area contributed by atoms with E-state index >= 15 is 0 Å². The Hall–Kier alpha value is -0.860. The number of benzene rings is 1. The van der Waals surface area contributed by atoms with E-state index in [0.717, 1.165) is 19.4 Å². The third-order valence-corrected chi connectivity index (χ3v) is 5.91. The standard InChI is InChI=1S/C19H32N2/c1-4-18(3)11-13-21(14-12-18)19(5-2,16-20)15-17-9-7-6-8-10-17/h6-10H,4-5,11-16,20H2,1-3H3. The summed E-state index contributed by atoms with van der Waals surface area (Å²) in [7, 11) is 0. The first kappa shape index (κ1) is 16.5. The van der Waals surface area contributed by atoms with Crippen molar-refractivity contribution < 1.29 is 0 Å². The molecule has 2 rings (SSSR count). The maximum atomic E-state index is 6.26. The third kappa shape index (κ3) is 3.67. The summed E-state index contributed by atoms with van der Waals surface area (Å²) >= 11 is 0. The summed E-state index contributed by atoms with van der Waals surface area (Å²) in [5.41, 5.74) is 8.34. The van der Waals surface area contributed by atoms with Crippen molar-refractivity contribution in [2.24, 2.45) is 11.1 Å². The molecule has 2 N–H and O–H groups in total. The van der Waals surface area contributed by atoms with Gasteiger partial charge in [-0.05, 0) is 49.8 Å². The summed E-state index contributed by atoms with van der Waals surface area (Å²) < 4.78 is 0. The summed E-state index contributed by atoms with van der Waals surface area (Å²) in [6.45, 7) is 10.2. The Bertz CT molecular complexity index is 414. The molecular weight excluding hydrogens is 256 g/mol. The van der Waals surface area contributed by atoms with Gasteiger partial charge in [0.1, 0.15) is 0 Å². The smallest absolute Gasteiger partial charge is 0.0369 e. The molecule has 0 aliphatic carbocycles. The van der Waals surface area contributed by atoms with Crippen molar-refractivity contribution in [1.29, 1.82) is 0 Å². The second-order valence-electron chi connectivity index (χ2n) is 7.10.